The predicted octanol–water partition coefficient (Wildman–Crippen LogP) is 3.15. The number of nitrogens with one attached hydrogen (secondary N) is 2. The fourth-order valence-electron chi connectivity index (χ4n) is 3.67. The van der Waals surface area contributed by atoms with Gasteiger partial charge in [-0.3, -0.25) is 9.58 Å². The number of nitrogens with zero attached hydrogens (tertiary/aromatic N) is 4. The summed E-state index contributed by atoms with van der Waals surface area (Å²) in [5.74, 6) is 0.849. The maximum atomic E-state index is 5.56. The molecule has 1 unspecified atom stereocenters. The van der Waals surface area contributed by atoms with E-state index in [0.29, 0.717) is 12.6 Å². The van der Waals surface area contributed by atoms with Crippen molar-refractivity contribution in [2.75, 3.05) is 39.4 Å². The number of hydrogen-bond donors (Lipinski definition) is 2. The van der Waals surface area contributed by atoms with E-state index in [0.717, 1.165) is 51.0 Å². The number of aryl methyl sites for hydroxylation is 3. The highest BCUT2D eigenvalue weighted by molar-refractivity contribution is 14.0. The van der Waals surface area contributed by atoms with Crippen molar-refractivity contribution >= 4 is 41.3 Å². The second kappa shape index (κ2) is 12.0. The van der Waals surface area contributed by atoms with Gasteiger partial charge < -0.3 is 15.4 Å². The number of rotatable bonds is 7. The lowest BCUT2D eigenvalue weighted by molar-refractivity contribution is 0.0177. The number of morpholine rings is 1. The van der Waals surface area contributed by atoms with Crippen molar-refractivity contribution < 1.29 is 4.74 Å². The molecule has 0 spiro atoms. The number of aromatic nitrogens is 2. The third-order valence-corrected chi connectivity index (χ3v) is 6.54. The first-order valence-corrected chi connectivity index (χ1v) is 11.2. The summed E-state index contributed by atoms with van der Waals surface area (Å²) in [6.07, 6.45) is 0. The Labute approximate surface area is 201 Å². The van der Waals surface area contributed by atoms with Gasteiger partial charge in [-0.1, -0.05) is 0 Å². The third kappa shape index (κ3) is 6.41. The quantitative estimate of drug-likeness (QED) is 0.318. The topological polar surface area (TPSA) is 66.7 Å². The van der Waals surface area contributed by atoms with Crippen LogP contribution in [0.5, 0.6) is 0 Å². The second-order valence-corrected chi connectivity index (χ2v) is 8.78. The van der Waals surface area contributed by atoms with Crippen LogP contribution in [0, 0.1) is 20.8 Å². The van der Waals surface area contributed by atoms with E-state index >= 15 is 0 Å². The number of thiophene rings is 1. The fourth-order valence-corrected chi connectivity index (χ4v) is 4.68. The van der Waals surface area contributed by atoms with E-state index in [-0.39, 0.29) is 24.0 Å². The van der Waals surface area contributed by atoms with Crippen LogP contribution in [0.1, 0.15) is 39.7 Å². The van der Waals surface area contributed by atoms with Gasteiger partial charge in [-0.05, 0) is 39.8 Å². The largest absolute Gasteiger partial charge is 0.379 e. The Bertz CT molecular complexity index is 828. The van der Waals surface area contributed by atoms with Gasteiger partial charge in [0.2, 0.25) is 0 Å². The van der Waals surface area contributed by atoms with Gasteiger partial charge in [-0.15, -0.1) is 35.3 Å². The molecule has 0 saturated carbocycles. The highest BCUT2D eigenvalue weighted by Gasteiger charge is 2.24. The van der Waals surface area contributed by atoms with E-state index in [2.05, 4.69) is 53.5 Å². The second-order valence-electron chi connectivity index (χ2n) is 7.46. The molecular weight excluding hydrogens is 511 g/mol. The molecule has 1 aliphatic rings. The normalized spacial score (nSPS) is 16.2. The number of ether oxygens (including phenoxy) is 1. The summed E-state index contributed by atoms with van der Waals surface area (Å²) >= 11 is 1.88. The van der Waals surface area contributed by atoms with Crippen molar-refractivity contribution in [1.29, 1.82) is 0 Å². The highest BCUT2D eigenvalue weighted by Crippen LogP contribution is 2.27. The van der Waals surface area contributed by atoms with Gasteiger partial charge in [-0.2, -0.15) is 5.10 Å². The molecule has 2 aromatic heterocycles. The van der Waals surface area contributed by atoms with E-state index in [1.54, 1.807) is 0 Å². The first-order valence-electron chi connectivity index (χ1n) is 10.4. The average molecular weight is 547 g/mol. The summed E-state index contributed by atoms with van der Waals surface area (Å²) in [6, 6.07) is 4.79. The van der Waals surface area contributed by atoms with Crippen LogP contribution in [0.3, 0.4) is 0 Å². The summed E-state index contributed by atoms with van der Waals surface area (Å²) in [7, 11) is 1.98. The monoisotopic (exact) mass is 546 g/mol. The molecule has 9 heteroatoms. The van der Waals surface area contributed by atoms with Gasteiger partial charge in [0.05, 0.1) is 31.5 Å². The molecule has 0 bridgehead atoms. The minimum absolute atomic E-state index is 0. The molecule has 2 N–H and O–H groups in total. The van der Waals surface area contributed by atoms with Crippen LogP contribution in [-0.2, 0) is 18.3 Å². The van der Waals surface area contributed by atoms with Crippen LogP contribution in [-0.4, -0.2) is 60.0 Å². The molecule has 0 aromatic carbocycles. The number of guanidine groups is 1. The van der Waals surface area contributed by atoms with Crippen LogP contribution in [0.25, 0.3) is 0 Å². The minimum Gasteiger partial charge on any atom is -0.379 e. The summed E-state index contributed by atoms with van der Waals surface area (Å²) in [4.78, 5) is 10.1. The Morgan fingerprint density at radius 1 is 1.23 bits per heavy atom. The average Bonchev–Trinajstić information content (AvgIpc) is 3.24. The first kappa shape index (κ1) is 25.1. The van der Waals surface area contributed by atoms with Crippen molar-refractivity contribution in [1.82, 2.24) is 25.3 Å². The van der Waals surface area contributed by atoms with Crippen molar-refractivity contribution in [3.8, 4) is 0 Å². The lowest BCUT2D eigenvalue weighted by atomic mass is 10.2. The van der Waals surface area contributed by atoms with Crippen LogP contribution in [0.4, 0.5) is 0 Å². The van der Waals surface area contributed by atoms with Crippen molar-refractivity contribution in [3.05, 3.63) is 38.8 Å². The van der Waals surface area contributed by atoms with E-state index in [9.17, 15) is 0 Å². The Morgan fingerprint density at radius 2 is 1.97 bits per heavy atom. The maximum Gasteiger partial charge on any atom is 0.191 e. The molecule has 1 atom stereocenters. The molecule has 1 saturated heterocycles. The molecule has 0 aliphatic carbocycles. The molecule has 1 fully saturated rings. The standard InChI is InChI=1S/C21H34N6OS.HI/c1-6-22-21(23-13-18-16(3)25-26(5)17(18)4)24-14-19(20-8-7-15(2)29-20)27-9-11-28-12-10-27;/h7-8,19H,6,9-14H2,1-5H3,(H2,22,23,24);1H. The molecule has 0 amide bonds. The number of hydrogen-bond acceptors (Lipinski definition) is 5. The molecule has 0 radical (unpaired) electrons. The Balaban J connectivity index is 0.00000320. The SMILES string of the molecule is CCNC(=NCc1c(C)nn(C)c1C)NCC(c1ccc(C)s1)N1CCOCC1.I. The molecule has 2 aromatic rings. The van der Waals surface area contributed by atoms with E-state index < -0.39 is 0 Å². The first-order chi connectivity index (χ1) is 14.0. The van der Waals surface area contributed by atoms with E-state index in [1.165, 1.54) is 21.0 Å². The lowest BCUT2D eigenvalue weighted by Crippen LogP contribution is -2.46. The zero-order chi connectivity index (χ0) is 20.8. The van der Waals surface area contributed by atoms with Gasteiger partial charge in [0.1, 0.15) is 0 Å². The Kier molecular flexibility index (Phi) is 10.1. The molecule has 7 nitrogen and oxygen atoms in total. The van der Waals surface area contributed by atoms with Crippen LogP contribution in [0.15, 0.2) is 17.1 Å². The predicted molar refractivity (Wildman–Crippen MR) is 135 cm³/mol. The molecular formula is C21H35IN6OS. The van der Waals surface area contributed by atoms with Crippen molar-refractivity contribution in [2.45, 2.75) is 40.3 Å². The summed E-state index contributed by atoms with van der Waals surface area (Å²) < 4.78 is 7.49. The molecule has 1 aliphatic heterocycles. The van der Waals surface area contributed by atoms with Crippen LogP contribution < -0.4 is 10.6 Å². The zero-order valence-corrected chi connectivity index (χ0v) is 21.8. The Morgan fingerprint density at radius 3 is 2.53 bits per heavy atom. The van der Waals surface area contributed by atoms with Gasteiger partial charge in [0.15, 0.2) is 5.96 Å². The summed E-state index contributed by atoms with van der Waals surface area (Å²) in [5, 5.41) is 11.5. The van der Waals surface area contributed by atoms with Crippen LogP contribution in [0.2, 0.25) is 0 Å². The third-order valence-electron chi connectivity index (χ3n) is 5.44. The fraction of sp³-hybridized carbons (Fsp3) is 0.619. The van der Waals surface area contributed by atoms with E-state index in [1.807, 2.05) is 30.0 Å². The van der Waals surface area contributed by atoms with Crippen molar-refractivity contribution in [2.24, 2.45) is 12.0 Å². The molecule has 30 heavy (non-hydrogen) atoms. The van der Waals surface area contributed by atoms with Gasteiger partial charge in [-0.25, -0.2) is 4.99 Å². The van der Waals surface area contributed by atoms with Gasteiger partial charge in [0.25, 0.3) is 0 Å². The number of aliphatic imine (C=N–C) groups is 1. The molecule has 168 valence electrons. The molecule has 3 rings (SSSR count). The summed E-state index contributed by atoms with van der Waals surface area (Å²) in [5.41, 5.74) is 3.41. The molecule has 3 heterocycles. The maximum absolute atomic E-state index is 5.56. The number of halogens is 1. The van der Waals surface area contributed by atoms with Crippen molar-refractivity contribution in [3.63, 3.8) is 0 Å². The van der Waals surface area contributed by atoms with E-state index in [4.69, 9.17) is 9.73 Å². The minimum atomic E-state index is 0. The highest BCUT2D eigenvalue weighted by atomic mass is 127. The lowest BCUT2D eigenvalue weighted by Gasteiger charge is -2.34. The van der Waals surface area contributed by atoms with Gasteiger partial charge >= 0.3 is 0 Å². The van der Waals surface area contributed by atoms with Gasteiger partial charge in [0, 0.05) is 54.2 Å². The smallest absolute Gasteiger partial charge is 0.191 e. The summed E-state index contributed by atoms with van der Waals surface area (Å²) in [6.45, 7) is 14.2. The van der Waals surface area contributed by atoms with Crippen LogP contribution >= 0.6 is 35.3 Å². The zero-order valence-electron chi connectivity index (χ0n) is 18.7. The Hall–Kier alpha value is -1.17.